The summed E-state index contributed by atoms with van der Waals surface area (Å²) < 4.78 is 10.5. The summed E-state index contributed by atoms with van der Waals surface area (Å²) >= 11 is 0. The first-order valence-corrected chi connectivity index (χ1v) is 4.79. The van der Waals surface area contributed by atoms with Crippen molar-refractivity contribution in [3.8, 4) is 11.5 Å². The van der Waals surface area contributed by atoms with Gasteiger partial charge in [0.15, 0.2) is 0 Å². The number of hydrogen-bond donors (Lipinski definition) is 2. The first-order valence-electron chi connectivity index (χ1n) is 4.79. The van der Waals surface area contributed by atoms with Crippen LogP contribution in [-0.4, -0.2) is 37.1 Å². The van der Waals surface area contributed by atoms with Gasteiger partial charge in [0, 0.05) is 11.6 Å². The Morgan fingerprint density at radius 1 is 1.40 bits per heavy atom. The van der Waals surface area contributed by atoms with Gasteiger partial charge in [-0.2, -0.15) is 0 Å². The minimum Gasteiger partial charge on any atom is -0.497 e. The highest BCUT2D eigenvalue weighted by atomic mass is 16.5. The van der Waals surface area contributed by atoms with Gasteiger partial charge in [-0.3, -0.25) is 0 Å². The van der Waals surface area contributed by atoms with Gasteiger partial charge in [0.2, 0.25) is 0 Å². The lowest BCUT2D eigenvalue weighted by Crippen LogP contribution is -2.36. The SMILES string of the molecule is COc1ccc2c(c1)OCC2(CO)CO. The van der Waals surface area contributed by atoms with Crippen LogP contribution >= 0.6 is 0 Å². The molecule has 1 aliphatic heterocycles. The van der Waals surface area contributed by atoms with Gasteiger partial charge in [0.05, 0.1) is 25.7 Å². The second-order valence-electron chi connectivity index (χ2n) is 3.75. The lowest BCUT2D eigenvalue weighted by atomic mass is 9.84. The van der Waals surface area contributed by atoms with E-state index in [0.29, 0.717) is 18.1 Å². The third-order valence-electron chi connectivity index (χ3n) is 2.87. The maximum Gasteiger partial charge on any atom is 0.127 e. The fraction of sp³-hybridized carbons (Fsp3) is 0.455. The number of methoxy groups -OCH3 is 1. The molecule has 0 amide bonds. The fourth-order valence-electron chi connectivity index (χ4n) is 1.79. The summed E-state index contributed by atoms with van der Waals surface area (Å²) in [7, 11) is 1.59. The van der Waals surface area contributed by atoms with Gasteiger partial charge in [-0.25, -0.2) is 0 Å². The first-order chi connectivity index (χ1) is 7.25. The molecule has 0 spiro atoms. The Bertz CT molecular complexity index is 358. The van der Waals surface area contributed by atoms with Crippen LogP contribution < -0.4 is 9.47 Å². The van der Waals surface area contributed by atoms with E-state index in [1.54, 1.807) is 19.2 Å². The highest BCUT2D eigenvalue weighted by Gasteiger charge is 2.40. The zero-order chi connectivity index (χ0) is 10.9. The maximum absolute atomic E-state index is 9.32. The molecular weight excluding hydrogens is 196 g/mol. The third kappa shape index (κ3) is 1.46. The Morgan fingerprint density at radius 2 is 2.13 bits per heavy atom. The molecule has 0 fully saturated rings. The molecule has 0 bridgehead atoms. The molecule has 0 radical (unpaired) electrons. The molecule has 0 unspecified atom stereocenters. The Balaban J connectivity index is 2.43. The maximum atomic E-state index is 9.32. The highest BCUT2D eigenvalue weighted by molar-refractivity contribution is 5.48. The highest BCUT2D eigenvalue weighted by Crippen LogP contribution is 2.40. The summed E-state index contributed by atoms with van der Waals surface area (Å²) in [5.74, 6) is 1.39. The average molecular weight is 210 g/mol. The quantitative estimate of drug-likeness (QED) is 0.753. The average Bonchev–Trinajstić information content (AvgIpc) is 2.67. The minimum absolute atomic E-state index is 0.122. The van der Waals surface area contributed by atoms with Crippen molar-refractivity contribution in [2.45, 2.75) is 5.41 Å². The fourth-order valence-corrected chi connectivity index (χ4v) is 1.79. The predicted molar refractivity (Wildman–Crippen MR) is 54.3 cm³/mol. The number of rotatable bonds is 3. The Morgan fingerprint density at radius 3 is 2.73 bits per heavy atom. The Labute approximate surface area is 88.1 Å². The molecule has 1 aromatic carbocycles. The number of benzene rings is 1. The van der Waals surface area contributed by atoms with Crippen LogP contribution in [-0.2, 0) is 5.41 Å². The topological polar surface area (TPSA) is 58.9 Å². The summed E-state index contributed by atoms with van der Waals surface area (Å²) in [6.07, 6.45) is 0. The molecule has 2 N–H and O–H groups in total. The smallest absolute Gasteiger partial charge is 0.127 e. The van der Waals surface area contributed by atoms with E-state index in [9.17, 15) is 10.2 Å². The van der Waals surface area contributed by atoms with E-state index in [4.69, 9.17) is 9.47 Å². The Hall–Kier alpha value is -1.26. The van der Waals surface area contributed by atoms with Gasteiger partial charge in [0.1, 0.15) is 18.1 Å². The summed E-state index contributed by atoms with van der Waals surface area (Å²) in [6.45, 7) is 0.0636. The second-order valence-corrected chi connectivity index (χ2v) is 3.75. The molecule has 0 atom stereocenters. The van der Waals surface area contributed by atoms with E-state index in [0.717, 1.165) is 5.56 Å². The van der Waals surface area contributed by atoms with Crippen molar-refractivity contribution in [1.82, 2.24) is 0 Å². The summed E-state index contributed by atoms with van der Waals surface area (Å²) in [5, 5.41) is 18.6. The number of fused-ring (bicyclic) bond motifs is 1. The van der Waals surface area contributed by atoms with Crippen molar-refractivity contribution in [2.24, 2.45) is 0 Å². The van der Waals surface area contributed by atoms with E-state index < -0.39 is 5.41 Å². The van der Waals surface area contributed by atoms with E-state index in [1.165, 1.54) is 0 Å². The van der Waals surface area contributed by atoms with Gasteiger partial charge in [0.25, 0.3) is 0 Å². The normalized spacial score (nSPS) is 17.0. The summed E-state index contributed by atoms with van der Waals surface area (Å²) in [4.78, 5) is 0. The molecule has 0 aromatic heterocycles. The molecule has 1 heterocycles. The molecule has 15 heavy (non-hydrogen) atoms. The zero-order valence-electron chi connectivity index (χ0n) is 8.56. The van der Waals surface area contributed by atoms with Crippen molar-refractivity contribution in [2.75, 3.05) is 26.9 Å². The third-order valence-corrected chi connectivity index (χ3v) is 2.87. The molecular formula is C11H14O4. The standard InChI is InChI=1S/C11H14O4/c1-14-8-2-3-9-10(4-8)15-7-11(9,5-12)6-13/h2-4,12-13H,5-7H2,1H3. The summed E-state index contributed by atoms with van der Waals surface area (Å²) in [5.41, 5.74) is 0.176. The van der Waals surface area contributed by atoms with Crippen LogP contribution in [0.2, 0.25) is 0 Å². The van der Waals surface area contributed by atoms with Crippen molar-refractivity contribution in [3.63, 3.8) is 0 Å². The van der Waals surface area contributed by atoms with Crippen molar-refractivity contribution in [1.29, 1.82) is 0 Å². The van der Waals surface area contributed by atoms with Crippen LogP contribution in [0.5, 0.6) is 11.5 Å². The Kier molecular flexibility index (Phi) is 2.54. The van der Waals surface area contributed by atoms with E-state index in [1.807, 2.05) is 6.07 Å². The van der Waals surface area contributed by atoms with Crippen LogP contribution in [0, 0.1) is 0 Å². The second kappa shape index (κ2) is 3.72. The number of aliphatic hydroxyl groups is 2. The first kappa shape index (κ1) is 10.3. The van der Waals surface area contributed by atoms with Crippen LogP contribution in [0.4, 0.5) is 0 Å². The molecule has 4 nitrogen and oxygen atoms in total. The van der Waals surface area contributed by atoms with E-state index >= 15 is 0 Å². The number of ether oxygens (including phenoxy) is 2. The van der Waals surface area contributed by atoms with Crippen LogP contribution in [0.25, 0.3) is 0 Å². The molecule has 1 aromatic rings. The molecule has 1 aliphatic rings. The molecule has 4 heteroatoms. The van der Waals surface area contributed by atoms with Crippen molar-refractivity contribution >= 4 is 0 Å². The lowest BCUT2D eigenvalue weighted by Gasteiger charge is -2.22. The van der Waals surface area contributed by atoms with Crippen molar-refractivity contribution in [3.05, 3.63) is 23.8 Å². The minimum atomic E-state index is -0.665. The monoisotopic (exact) mass is 210 g/mol. The molecule has 82 valence electrons. The van der Waals surface area contributed by atoms with Gasteiger partial charge in [-0.05, 0) is 6.07 Å². The van der Waals surface area contributed by atoms with Gasteiger partial charge < -0.3 is 19.7 Å². The lowest BCUT2D eigenvalue weighted by molar-refractivity contribution is 0.0958. The molecule has 2 rings (SSSR count). The largest absolute Gasteiger partial charge is 0.497 e. The number of aliphatic hydroxyl groups excluding tert-OH is 2. The van der Waals surface area contributed by atoms with Crippen LogP contribution in [0.1, 0.15) is 5.56 Å². The van der Waals surface area contributed by atoms with Gasteiger partial charge >= 0.3 is 0 Å². The van der Waals surface area contributed by atoms with Gasteiger partial charge in [-0.1, -0.05) is 6.07 Å². The molecule has 0 saturated heterocycles. The summed E-state index contributed by atoms with van der Waals surface area (Å²) in [6, 6.07) is 5.39. The van der Waals surface area contributed by atoms with Crippen molar-refractivity contribution < 1.29 is 19.7 Å². The molecule has 0 aliphatic carbocycles. The van der Waals surface area contributed by atoms with Gasteiger partial charge in [-0.15, -0.1) is 0 Å². The molecule has 0 saturated carbocycles. The van der Waals surface area contributed by atoms with Crippen LogP contribution in [0.3, 0.4) is 0 Å². The van der Waals surface area contributed by atoms with Crippen LogP contribution in [0.15, 0.2) is 18.2 Å². The zero-order valence-corrected chi connectivity index (χ0v) is 8.56. The predicted octanol–water partition coefficient (Wildman–Crippen LogP) is 0.310. The van der Waals surface area contributed by atoms with E-state index in [2.05, 4.69) is 0 Å². The number of hydrogen-bond acceptors (Lipinski definition) is 4. The van der Waals surface area contributed by atoms with E-state index in [-0.39, 0.29) is 13.2 Å².